The number of allylic oxidation sites excluding steroid dienone is 2. The zero-order valence-corrected chi connectivity index (χ0v) is 14.9. The predicted molar refractivity (Wildman–Crippen MR) is 99.9 cm³/mol. The van der Waals surface area contributed by atoms with Crippen LogP contribution in [0.5, 0.6) is 0 Å². The SMILES string of the molecule is C=CCn1c(=O)n(CC=C)c(=O)n(CC(=O)c2ccc(C)cc2C)c1=O. The third-order valence-corrected chi connectivity index (χ3v) is 3.99. The van der Waals surface area contributed by atoms with Crippen LogP contribution in [-0.4, -0.2) is 19.5 Å². The molecule has 0 N–H and O–H groups in total. The number of ketones is 1. The number of aryl methyl sites for hydroxylation is 2. The Morgan fingerprint density at radius 1 is 0.923 bits per heavy atom. The molecule has 0 radical (unpaired) electrons. The van der Waals surface area contributed by atoms with Gasteiger partial charge in [0.1, 0.15) is 0 Å². The minimum atomic E-state index is -0.835. The van der Waals surface area contributed by atoms with Crippen molar-refractivity contribution in [2.75, 3.05) is 0 Å². The van der Waals surface area contributed by atoms with Crippen LogP contribution in [0.15, 0.2) is 57.9 Å². The molecule has 0 aliphatic rings. The van der Waals surface area contributed by atoms with E-state index in [1.54, 1.807) is 19.1 Å². The van der Waals surface area contributed by atoms with Gasteiger partial charge in [0.2, 0.25) is 0 Å². The summed E-state index contributed by atoms with van der Waals surface area (Å²) in [6.07, 6.45) is 2.75. The first kappa shape index (κ1) is 19.1. The summed E-state index contributed by atoms with van der Waals surface area (Å²) in [7, 11) is 0. The Bertz CT molecular complexity index is 1010. The summed E-state index contributed by atoms with van der Waals surface area (Å²) in [4.78, 5) is 50.1. The summed E-state index contributed by atoms with van der Waals surface area (Å²) in [5, 5.41) is 0. The Balaban J connectivity index is 2.61. The molecule has 0 unspecified atom stereocenters. The molecule has 0 fully saturated rings. The van der Waals surface area contributed by atoms with Crippen LogP contribution in [0.1, 0.15) is 21.5 Å². The highest BCUT2D eigenvalue weighted by atomic mass is 16.2. The van der Waals surface area contributed by atoms with E-state index in [2.05, 4.69) is 13.2 Å². The van der Waals surface area contributed by atoms with E-state index in [1.165, 1.54) is 12.2 Å². The van der Waals surface area contributed by atoms with E-state index in [1.807, 2.05) is 13.0 Å². The molecule has 0 spiro atoms. The van der Waals surface area contributed by atoms with Crippen molar-refractivity contribution in [3.8, 4) is 0 Å². The van der Waals surface area contributed by atoms with Crippen molar-refractivity contribution in [1.29, 1.82) is 0 Å². The van der Waals surface area contributed by atoms with Crippen LogP contribution in [-0.2, 0) is 19.6 Å². The summed E-state index contributed by atoms with van der Waals surface area (Å²) in [6.45, 7) is 10.1. The zero-order valence-electron chi connectivity index (χ0n) is 14.9. The molecular formula is C19H21N3O4. The average Bonchev–Trinajstić information content (AvgIpc) is 2.59. The lowest BCUT2D eigenvalue weighted by atomic mass is 10.0. The second-order valence-corrected chi connectivity index (χ2v) is 5.97. The maximum Gasteiger partial charge on any atom is 0.337 e. The molecule has 7 heteroatoms. The van der Waals surface area contributed by atoms with Crippen LogP contribution < -0.4 is 17.1 Å². The van der Waals surface area contributed by atoms with Crippen molar-refractivity contribution in [2.24, 2.45) is 0 Å². The maximum absolute atomic E-state index is 12.6. The normalized spacial score (nSPS) is 10.5. The molecule has 0 bridgehead atoms. The third kappa shape index (κ3) is 3.56. The van der Waals surface area contributed by atoms with Crippen molar-refractivity contribution in [2.45, 2.75) is 33.5 Å². The van der Waals surface area contributed by atoms with E-state index in [-0.39, 0.29) is 18.9 Å². The maximum atomic E-state index is 12.6. The largest absolute Gasteiger partial charge is 0.337 e. The van der Waals surface area contributed by atoms with Crippen molar-refractivity contribution >= 4 is 5.78 Å². The second-order valence-electron chi connectivity index (χ2n) is 5.97. The molecule has 0 saturated heterocycles. The van der Waals surface area contributed by atoms with E-state index in [0.29, 0.717) is 5.56 Å². The van der Waals surface area contributed by atoms with E-state index in [9.17, 15) is 19.2 Å². The van der Waals surface area contributed by atoms with Gasteiger partial charge < -0.3 is 0 Å². The number of nitrogens with zero attached hydrogens (tertiary/aromatic N) is 3. The van der Waals surface area contributed by atoms with Crippen LogP contribution in [0.3, 0.4) is 0 Å². The lowest BCUT2D eigenvalue weighted by Gasteiger charge is -2.12. The highest BCUT2D eigenvalue weighted by Gasteiger charge is 2.18. The first-order valence-corrected chi connectivity index (χ1v) is 8.08. The zero-order chi connectivity index (χ0) is 19.4. The van der Waals surface area contributed by atoms with E-state index in [4.69, 9.17) is 0 Å². The number of carbonyl (C=O) groups excluding carboxylic acids is 1. The van der Waals surface area contributed by atoms with Gasteiger partial charge in [-0.3, -0.25) is 4.79 Å². The van der Waals surface area contributed by atoms with Crippen LogP contribution in [0, 0.1) is 13.8 Å². The fourth-order valence-electron chi connectivity index (χ4n) is 2.74. The fourth-order valence-corrected chi connectivity index (χ4v) is 2.74. The molecule has 0 aliphatic heterocycles. The van der Waals surface area contributed by atoms with Crippen molar-refractivity contribution in [1.82, 2.24) is 13.7 Å². The Morgan fingerprint density at radius 2 is 1.42 bits per heavy atom. The molecule has 0 atom stereocenters. The van der Waals surface area contributed by atoms with Gasteiger partial charge in [0.15, 0.2) is 5.78 Å². The molecule has 1 heterocycles. The minimum Gasteiger partial charge on any atom is -0.292 e. The van der Waals surface area contributed by atoms with E-state index < -0.39 is 23.6 Å². The molecule has 0 aliphatic carbocycles. The Morgan fingerprint density at radius 3 is 1.88 bits per heavy atom. The van der Waals surface area contributed by atoms with Gasteiger partial charge in [-0.25, -0.2) is 28.1 Å². The summed E-state index contributed by atoms with van der Waals surface area (Å²) in [5.74, 6) is -0.379. The average molecular weight is 355 g/mol. The van der Waals surface area contributed by atoms with Crippen LogP contribution >= 0.6 is 0 Å². The number of rotatable bonds is 7. The van der Waals surface area contributed by atoms with Gasteiger partial charge in [-0.2, -0.15) is 0 Å². The lowest BCUT2D eigenvalue weighted by Crippen LogP contribution is -2.55. The number of hydrogen-bond donors (Lipinski definition) is 0. The summed E-state index contributed by atoms with van der Waals surface area (Å²) >= 11 is 0. The Labute approximate surface area is 150 Å². The van der Waals surface area contributed by atoms with Gasteiger partial charge >= 0.3 is 17.1 Å². The highest BCUT2D eigenvalue weighted by molar-refractivity contribution is 5.97. The van der Waals surface area contributed by atoms with Crippen molar-refractivity contribution in [3.05, 3.63) is 91.7 Å². The molecule has 0 saturated carbocycles. The highest BCUT2D eigenvalue weighted by Crippen LogP contribution is 2.11. The summed E-state index contributed by atoms with van der Waals surface area (Å²) < 4.78 is 2.51. The summed E-state index contributed by atoms with van der Waals surface area (Å²) in [6, 6.07) is 5.31. The lowest BCUT2D eigenvalue weighted by molar-refractivity contribution is 0.0966. The molecule has 7 nitrogen and oxygen atoms in total. The standard InChI is InChI=1S/C19H21N3O4/c1-5-9-20-17(24)21(10-6-2)19(26)22(18(20)25)12-16(23)15-8-7-13(3)11-14(15)4/h5-8,11H,1-2,9-10,12H2,3-4H3. The smallest absolute Gasteiger partial charge is 0.292 e. The monoisotopic (exact) mass is 355 g/mol. The number of benzene rings is 1. The summed E-state index contributed by atoms with van der Waals surface area (Å²) in [5.41, 5.74) is -0.233. The molecule has 0 amide bonds. The van der Waals surface area contributed by atoms with E-state index >= 15 is 0 Å². The molecule has 2 rings (SSSR count). The Hall–Kier alpha value is -3.22. The van der Waals surface area contributed by atoms with Crippen molar-refractivity contribution < 1.29 is 4.79 Å². The molecule has 26 heavy (non-hydrogen) atoms. The van der Waals surface area contributed by atoms with Gasteiger partial charge in [0, 0.05) is 5.56 Å². The number of aromatic nitrogens is 3. The molecule has 1 aromatic heterocycles. The number of Topliss-reactive ketones (excluding diaryl/α,β-unsaturated/α-hetero) is 1. The molecule has 136 valence electrons. The van der Waals surface area contributed by atoms with Gasteiger partial charge in [0.05, 0.1) is 19.6 Å². The van der Waals surface area contributed by atoms with Crippen LogP contribution in [0.25, 0.3) is 0 Å². The van der Waals surface area contributed by atoms with E-state index in [0.717, 1.165) is 24.8 Å². The molecule has 1 aromatic carbocycles. The van der Waals surface area contributed by atoms with Gasteiger partial charge in [-0.1, -0.05) is 35.9 Å². The van der Waals surface area contributed by atoms with Crippen molar-refractivity contribution in [3.63, 3.8) is 0 Å². The quantitative estimate of drug-likeness (QED) is 0.549. The molecule has 2 aromatic rings. The van der Waals surface area contributed by atoms with Crippen LogP contribution in [0.2, 0.25) is 0 Å². The molecular weight excluding hydrogens is 334 g/mol. The fraction of sp³-hybridized carbons (Fsp3) is 0.263. The van der Waals surface area contributed by atoms with Gasteiger partial charge in [-0.15, -0.1) is 13.2 Å². The first-order valence-electron chi connectivity index (χ1n) is 8.08. The second kappa shape index (κ2) is 7.77. The van der Waals surface area contributed by atoms with Gasteiger partial charge in [0.25, 0.3) is 0 Å². The topological polar surface area (TPSA) is 83.1 Å². The first-order chi connectivity index (χ1) is 12.3. The Kier molecular flexibility index (Phi) is 5.71. The number of hydrogen-bond acceptors (Lipinski definition) is 4. The predicted octanol–water partition coefficient (Wildman–Crippen LogP) is 1.04. The third-order valence-electron chi connectivity index (χ3n) is 3.99. The number of carbonyl (C=O) groups is 1. The van der Waals surface area contributed by atoms with Crippen LogP contribution in [0.4, 0.5) is 0 Å². The van der Waals surface area contributed by atoms with Gasteiger partial charge in [-0.05, 0) is 19.4 Å². The minimum absolute atomic E-state index is 0.0627.